The molecule has 1 N–H and O–H groups in total. The van der Waals surface area contributed by atoms with Gasteiger partial charge in [-0.1, -0.05) is 15.9 Å². The summed E-state index contributed by atoms with van der Waals surface area (Å²) >= 11 is 3.36. The van der Waals surface area contributed by atoms with E-state index in [9.17, 15) is 4.79 Å². The van der Waals surface area contributed by atoms with Crippen molar-refractivity contribution in [1.29, 1.82) is 0 Å². The summed E-state index contributed by atoms with van der Waals surface area (Å²) in [6.45, 7) is 5.95. The number of hydrogen-bond acceptors (Lipinski definition) is 2. The van der Waals surface area contributed by atoms with Gasteiger partial charge in [0.2, 0.25) is 0 Å². The van der Waals surface area contributed by atoms with E-state index in [2.05, 4.69) is 20.9 Å². The van der Waals surface area contributed by atoms with Crippen molar-refractivity contribution in [3.05, 3.63) is 33.8 Å². The molecule has 0 aliphatic rings. The minimum Gasteiger partial charge on any atom is -0.478 e. The SMILES string of the molecule is CC(C)(C)N=Cc1cc(C(=O)O)ccc1Br. The third kappa shape index (κ3) is 3.77. The number of aliphatic imine (C=N–C) groups is 1. The van der Waals surface area contributed by atoms with Gasteiger partial charge in [-0.05, 0) is 39.0 Å². The number of halogens is 1. The first-order valence-corrected chi connectivity index (χ1v) is 5.67. The monoisotopic (exact) mass is 283 g/mol. The van der Waals surface area contributed by atoms with Crippen molar-refractivity contribution in [2.75, 3.05) is 0 Å². The fraction of sp³-hybridized carbons (Fsp3) is 0.333. The molecule has 86 valence electrons. The predicted octanol–water partition coefficient (Wildman–Crippen LogP) is 3.36. The minimum absolute atomic E-state index is 0.168. The van der Waals surface area contributed by atoms with E-state index in [-0.39, 0.29) is 11.1 Å². The summed E-state index contributed by atoms with van der Waals surface area (Å²) in [5, 5.41) is 8.87. The van der Waals surface area contributed by atoms with E-state index in [0.29, 0.717) is 0 Å². The molecule has 1 rings (SSSR count). The highest BCUT2D eigenvalue weighted by Gasteiger charge is 2.08. The number of rotatable bonds is 2. The number of nitrogens with zero attached hydrogens (tertiary/aromatic N) is 1. The average Bonchev–Trinajstić information content (AvgIpc) is 2.14. The molecule has 0 atom stereocenters. The highest BCUT2D eigenvalue weighted by molar-refractivity contribution is 9.10. The molecule has 0 saturated carbocycles. The maximum atomic E-state index is 10.8. The lowest BCUT2D eigenvalue weighted by molar-refractivity contribution is 0.0697. The lowest BCUT2D eigenvalue weighted by Crippen LogP contribution is -2.10. The second-order valence-corrected chi connectivity index (χ2v) is 5.32. The number of benzene rings is 1. The molecule has 1 aromatic rings. The third-order valence-electron chi connectivity index (χ3n) is 1.83. The van der Waals surface area contributed by atoms with Gasteiger partial charge in [-0.3, -0.25) is 4.99 Å². The van der Waals surface area contributed by atoms with E-state index in [0.717, 1.165) is 10.0 Å². The van der Waals surface area contributed by atoms with Crippen molar-refractivity contribution in [3.8, 4) is 0 Å². The number of carboxylic acids is 1. The number of aromatic carboxylic acids is 1. The van der Waals surface area contributed by atoms with Gasteiger partial charge in [0.15, 0.2) is 0 Å². The maximum absolute atomic E-state index is 10.8. The van der Waals surface area contributed by atoms with Gasteiger partial charge in [0, 0.05) is 16.3 Å². The molecule has 0 radical (unpaired) electrons. The zero-order chi connectivity index (χ0) is 12.3. The van der Waals surface area contributed by atoms with Crippen LogP contribution in [-0.4, -0.2) is 22.8 Å². The molecule has 4 heteroatoms. The molecule has 0 aromatic heterocycles. The lowest BCUT2D eigenvalue weighted by atomic mass is 10.1. The van der Waals surface area contributed by atoms with Crippen molar-refractivity contribution in [3.63, 3.8) is 0 Å². The molecule has 0 bridgehead atoms. The first-order chi connectivity index (χ1) is 7.29. The van der Waals surface area contributed by atoms with Crippen LogP contribution >= 0.6 is 15.9 Å². The van der Waals surface area contributed by atoms with Gasteiger partial charge in [0.05, 0.1) is 11.1 Å². The summed E-state index contributed by atoms with van der Waals surface area (Å²) in [5.41, 5.74) is 0.868. The van der Waals surface area contributed by atoms with Gasteiger partial charge in [-0.25, -0.2) is 4.79 Å². The van der Waals surface area contributed by atoms with Crippen LogP contribution in [0.15, 0.2) is 27.7 Å². The van der Waals surface area contributed by atoms with Crippen molar-refractivity contribution >= 4 is 28.1 Å². The van der Waals surface area contributed by atoms with Gasteiger partial charge in [0.1, 0.15) is 0 Å². The van der Waals surface area contributed by atoms with Gasteiger partial charge in [0.25, 0.3) is 0 Å². The lowest BCUT2D eigenvalue weighted by Gasteiger charge is -2.11. The Hall–Kier alpha value is -1.16. The molecule has 0 amide bonds. The summed E-state index contributed by atoms with van der Waals surface area (Å²) in [6.07, 6.45) is 1.69. The Morgan fingerprint density at radius 3 is 2.56 bits per heavy atom. The summed E-state index contributed by atoms with van der Waals surface area (Å²) in [7, 11) is 0. The Morgan fingerprint density at radius 1 is 1.44 bits per heavy atom. The molecule has 0 heterocycles. The fourth-order valence-corrected chi connectivity index (χ4v) is 1.39. The van der Waals surface area contributed by atoms with Gasteiger partial charge in [-0.2, -0.15) is 0 Å². The zero-order valence-corrected chi connectivity index (χ0v) is 11.1. The number of hydrogen-bond donors (Lipinski definition) is 1. The van der Waals surface area contributed by atoms with Crippen LogP contribution in [0.1, 0.15) is 36.7 Å². The maximum Gasteiger partial charge on any atom is 0.335 e. The van der Waals surface area contributed by atoms with Crippen LogP contribution in [0, 0.1) is 0 Å². The summed E-state index contributed by atoms with van der Waals surface area (Å²) in [6, 6.07) is 4.87. The molecule has 1 aromatic carbocycles. The van der Waals surface area contributed by atoms with E-state index >= 15 is 0 Å². The highest BCUT2D eigenvalue weighted by atomic mass is 79.9. The van der Waals surface area contributed by atoms with Crippen LogP contribution in [-0.2, 0) is 0 Å². The predicted molar refractivity (Wildman–Crippen MR) is 68.4 cm³/mol. The topological polar surface area (TPSA) is 49.7 Å². The Labute approximate surface area is 103 Å². The smallest absolute Gasteiger partial charge is 0.335 e. The molecule has 3 nitrogen and oxygen atoms in total. The summed E-state index contributed by atoms with van der Waals surface area (Å²) in [4.78, 5) is 15.1. The van der Waals surface area contributed by atoms with Gasteiger partial charge >= 0.3 is 5.97 Å². The molecule has 0 fully saturated rings. The second kappa shape index (κ2) is 4.78. The van der Waals surface area contributed by atoms with Gasteiger partial charge in [-0.15, -0.1) is 0 Å². The summed E-state index contributed by atoms with van der Waals surface area (Å²) in [5.74, 6) is -0.932. The van der Waals surface area contributed by atoms with Crippen molar-refractivity contribution in [1.82, 2.24) is 0 Å². The fourth-order valence-electron chi connectivity index (χ4n) is 1.04. The third-order valence-corrected chi connectivity index (χ3v) is 2.56. The zero-order valence-electron chi connectivity index (χ0n) is 9.49. The van der Waals surface area contributed by atoms with E-state index in [1.165, 1.54) is 0 Å². The van der Waals surface area contributed by atoms with E-state index in [1.807, 2.05) is 20.8 Å². The molecule has 0 aliphatic heterocycles. The first-order valence-electron chi connectivity index (χ1n) is 4.88. The van der Waals surface area contributed by atoms with Crippen molar-refractivity contribution < 1.29 is 9.90 Å². The molecular weight excluding hydrogens is 270 g/mol. The van der Waals surface area contributed by atoms with Crippen LogP contribution in [0.2, 0.25) is 0 Å². The van der Waals surface area contributed by atoms with E-state index in [4.69, 9.17) is 5.11 Å². The normalized spacial score (nSPS) is 12.0. The Kier molecular flexibility index (Phi) is 3.86. The largest absolute Gasteiger partial charge is 0.478 e. The average molecular weight is 284 g/mol. The molecule has 0 spiro atoms. The minimum atomic E-state index is -0.932. The first kappa shape index (κ1) is 12.9. The molecule has 16 heavy (non-hydrogen) atoms. The number of carbonyl (C=O) groups is 1. The van der Waals surface area contributed by atoms with Crippen molar-refractivity contribution in [2.45, 2.75) is 26.3 Å². The molecule has 0 saturated heterocycles. The van der Waals surface area contributed by atoms with E-state index < -0.39 is 5.97 Å². The van der Waals surface area contributed by atoms with Crippen LogP contribution < -0.4 is 0 Å². The van der Waals surface area contributed by atoms with Crippen LogP contribution in [0.5, 0.6) is 0 Å². The standard InChI is InChI=1S/C12H14BrNO2/c1-12(2,3)14-7-9-6-8(11(15)16)4-5-10(9)13/h4-7H,1-3H3,(H,15,16). The Bertz CT molecular complexity index is 433. The van der Waals surface area contributed by atoms with Gasteiger partial charge < -0.3 is 5.11 Å². The highest BCUT2D eigenvalue weighted by Crippen LogP contribution is 2.18. The van der Waals surface area contributed by atoms with Crippen LogP contribution in [0.25, 0.3) is 0 Å². The van der Waals surface area contributed by atoms with Crippen LogP contribution in [0.3, 0.4) is 0 Å². The van der Waals surface area contributed by atoms with Crippen molar-refractivity contribution in [2.24, 2.45) is 4.99 Å². The Balaban J connectivity index is 3.08. The van der Waals surface area contributed by atoms with Crippen LogP contribution in [0.4, 0.5) is 0 Å². The number of carboxylic acid groups (broad SMARTS) is 1. The Morgan fingerprint density at radius 2 is 2.06 bits per heavy atom. The molecule has 0 aliphatic carbocycles. The summed E-state index contributed by atoms with van der Waals surface area (Å²) < 4.78 is 0.838. The van der Waals surface area contributed by atoms with E-state index in [1.54, 1.807) is 24.4 Å². The quantitative estimate of drug-likeness (QED) is 0.846. The molecule has 0 unspecified atom stereocenters. The molecular formula is C12H14BrNO2. The second-order valence-electron chi connectivity index (χ2n) is 4.47.